The fourth-order valence-corrected chi connectivity index (χ4v) is 8.26. The molecule has 1 aromatic heterocycles. The Hall–Kier alpha value is -8.01. The normalized spacial score (nSPS) is 12.1. The molecule has 61 heavy (non-hydrogen) atoms. The maximum atomic E-state index is 17.0. The van der Waals surface area contributed by atoms with Gasteiger partial charge in [-0.3, -0.25) is 0 Å². The van der Waals surface area contributed by atoms with Gasteiger partial charge in [-0.25, -0.2) is 4.39 Å². The molecule has 10 aromatic rings. The molecule has 0 fully saturated rings. The zero-order chi connectivity index (χ0) is 42.7. The molecule has 0 saturated heterocycles. The van der Waals surface area contributed by atoms with Gasteiger partial charge < -0.3 is 9.47 Å². The summed E-state index contributed by atoms with van der Waals surface area (Å²) in [6, 6.07) is 78.2. The highest BCUT2D eigenvalue weighted by molar-refractivity contribution is 6.06. The molecule has 0 atom stereocenters. The molecule has 0 N–H and O–H groups in total. The van der Waals surface area contributed by atoms with Crippen molar-refractivity contribution in [2.75, 3.05) is 4.90 Å². The molecule has 290 valence electrons. The van der Waals surface area contributed by atoms with E-state index in [0.717, 1.165) is 72.6 Å². The van der Waals surface area contributed by atoms with Crippen molar-refractivity contribution in [1.82, 2.24) is 4.57 Å². The summed E-state index contributed by atoms with van der Waals surface area (Å²) in [5, 5.41) is 1.05. The molecule has 0 amide bonds. The lowest BCUT2D eigenvalue weighted by atomic mass is 9.95. The molecule has 10 rings (SSSR count). The third-order valence-electron chi connectivity index (χ3n) is 11.1. The highest BCUT2D eigenvalue weighted by Crippen LogP contribution is 2.45. The van der Waals surface area contributed by atoms with Gasteiger partial charge in [0.05, 0.1) is 19.6 Å². The van der Waals surface area contributed by atoms with Crippen molar-refractivity contribution in [3.63, 3.8) is 0 Å². The molecular formula is C58H41FN2. The number of rotatable bonds is 10. The van der Waals surface area contributed by atoms with Crippen LogP contribution in [-0.2, 0) is 0 Å². The van der Waals surface area contributed by atoms with Crippen molar-refractivity contribution in [2.24, 2.45) is 0 Å². The average molecular weight is 787 g/mol. The van der Waals surface area contributed by atoms with Crippen molar-refractivity contribution in [3.8, 4) is 50.3 Å². The van der Waals surface area contributed by atoms with Crippen LogP contribution in [0.25, 0.3) is 73.3 Å². The van der Waals surface area contributed by atoms with E-state index in [2.05, 4.69) is 77.4 Å². The Kier molecular flexibility index (Phi) is 9.57. The van der Waals surface area contributed by atoms with Crippen LogP contribution in [0.5, 0.6) is 0 Å². The Morgan fingerprint density at radius 1 is 0.426 bits per heavy atom. The van der Waals surface area contributed by atoms with Crippen molar-refractivity contribution in [3.05, 3.63) is 254 Å². The van der Waals surface area contributed by atoms with Crippen LogP contribution in [0.15, 0.2) is 237 Å². The van der Waals surface area contributed by atoms with Gasteiger partial charge in [0.2, 0.25) is 0 Å². The van der Waals surface area contributed by atoms with Crippen LogP contribution in [0.2, 0.25) is 0 Å². The van der Waals surface area contributed by atoms with Crippen LogP contribution in [0, 0.1) is 5.82 Å². The number of benzene rings is 9. The predicted molar refractivity (Wildman–Crippen MR) is 255 cm³/mol. The Balaban J connectivity index is 1.09. The number of anilines is 3. The molecule has 0 saturated carbocycles. The zero-order valence-corrected chi connectivity index (χ0v) is 33.3. The predicted octanol–water partition coefficient (Wildman–Crippen LogP) is 16.1. The van der Waals surface area contributed by atoms with Gasteiger partial charge >= 0.3 is 0 Å². The van der Waals surface area contributed by atoms with Gasteiger partial charge in [-0.05, 0) is 93.5 Å². The van der Waals surface area contributed by atoms with Gasteiger partial charge in [0.15, 0.2) is 0 Å². The van der Waals surface area contributed by atoms with E-state index < -0.39 is 0 Å². The zero-order valence-electron chi connectivity index (χ0n) is 35.3. The molecule has 3 heteroatoms. The van der Waals surface area contributed by atoms with E-state index in [4.69, 9.17) is 0 Å². The second kappa shape index (κ2) is 16.7. The van der Waals surface area contributed by atoms with Crippen LogP contribution in [0.4, 0.5) is 21.5 Å². The second-order valence-corrected chi connectivity index (χ2v) is 14.9. The first kappa shape index (κ1) is 35.0. The van der Waals surface area contributed by atoms with Gasteiger partial charge in [0, 0.05) is 33.6 Å². The first-order valence-corrected chi connectivity index (χ1v) is 20.5. The minimum atomic E-state index is -0.362. The molecule has 0 radical (unpaired) electrons. The average Bonchev–Trinajstić information content (AvgIpc) is 3.70. The molecule has 2 nitrogen and oxygen atoms in total. The Labute approximate surface area is 359 Å². The molecule has 1 heterocycles. The van der Waals surface area contributed by atoms with Crippen molar-refractivity contribution < 1.29 is 7.13 Å². The number of hydrogen-bond donors (Lipinski definition) is 0. The lowest BCUT2D eigenvalue weighted by Crippen LogP contribution is -2.13. The SMILES string of the molecule is [2H]/C(=C(/[2H])c1ccc2c(-c3ccccc3)c(-c3ccccc3)n(-c3ccccc3)c2c1)c1ccc(N(c2ccccc2)c2c(F)cc(-c3ccccc3)cc2-c2ccccc2)cc1. The van der Waals surface area contributed by atoms with E-state index in [0.29, 0.717) is 16.8 Å². The van der Waals surface area contributed by atoms with Crippen LogP contribution in [0.3, 0.4) is 0 Å². The third kappa shape index (κ3) is 7.46. The summed E-state index contributed by atoms with van der Waals surface area (Å²) < 4.78 is 38.1. The summed E-state index contributed by atoms with van der Waals surface area (Å²) in [4.78, 5) is 1.94. The Bertz CT molecular complexity index is 3210. The number of hydrogen-bond acceptors (Lipinski definition) is 1. The fourth-order valence-electron chi connectivity index (χ4n) is 8.26. The van der Waals surface area contributed by atoms with E-state index in [1.807, 2.05) is 163 Å². The van der Waals surface area contributed by atoms with Crippen molar-refractivity contribution >= 4 is 40.1 Å². The Morgan fingerprint density at radius 2 is 0.918 bits per heavy atom. The van der Waals surface area contributed by atoms with Crippen LogP contribution < -0.4 is 4.90 Å². The van der Waals surface area contributed by atoms with E-state index in [-0.39, 0.29) is 17.9 Å². The van der Waals surface area contributed by atoms with E-state index in [1.54, 1.807) is 6.07 Å². The highest BCUT2D eigenvalue weighted by Gasteiger charge is 2.24. The van der Waals surface area contributed by atoms with Gasteiger partial charge in [0.25, 0.3) is 0 Å². The maximum Gasteiger partial charge on any atom is 0.148 e. The monoisotopic (exact) mass is 786 g/mol. The second-order valence-electron chi connectivity index (χ2n) is 14.9. The number of aromatic nitrogens is 1. The summed E-state index contributed by atoms with van der Waals surface area (Å²) >= 11 is 0. The fraction of sp³-hybridized carbons (Fsp3) is 0. The minimum Gasteiger partial charge on any atom is -0.309 e. The number of halogens is 1. The van der Waals surface area contributed by atoms with Crippen LogP contribution in [-0.4, -0.2) is 4.57 Å². The van der Waals surface area contributed by atoms with E-state index >= 15 is 4.39 Å². The lowest BCUT2D eigenvalue weighted by Gasteiger charge is -2.29. The molecule has 0 aliphatic carbocycles. The first-order chi connectivity index (χ1) is 31.0. The third-order valence-corrected chi connectivity index (χ3v) is 11.1. The lowest BCUT2D eigenvalue weighted by molar-refractivity contribution is 0.630. The molecule has 9 aromatic carbocycles. The van der Waals surface area contributed by atoms with Crippen LogP contribution in [0.1, 0.15) is 13.9 Å². The van der Waals surface area contributed by atoms with E-state index in [1.165, 1.54) is 0 Å². The maximum absolute atomic E-state index is 17.0. The summed E-state index contributed by atoms with van der Waals surface area (Å²) in [5.74, 6) is -0.362. The largest absolute Gasteiger partial charge is 0.309 e. The Morgan fingerprint density at radius 3 is 1.54 bits per heavy atom. The van der Waals surface area contributed by atoms with Crippen molar-refractivity contribution in [1.29, 1.82) is 0 Å². The number of fused-ring (bicyclic) bond motifs is 1. The molecule has 0 unspecified atom stereocenters. The summed E-state index contributed by atoms with van der Waals surface area (Å²) in [6.45, 7) is 0. The summed E-state index contributed by atoms with van der Waals surface area (Å²) in [6.07, 6.45) is 0. The molecule has 0 bridgehead atoms. The molecule has 0 aliphatic rings. The standard InChI is InChI=1S/C58H41FN2/c59-54-41-48(44-19-7-1-8-20-44)40-53(45-21-9-2-10-22-45)58(54)60(49-27-15-5-16-28-49)51-36-33-42(34-37-51)31-32-43-35-38-52-55(39-43)61(50-29-17-6-18-30-50)57(47-25-13-4-14-26-47)56(52)46-23-11-3-12-24-46/h1-41H/b32-31+/i31D,32D. The molecular weight excluding hydrogens is 744 g/mol. The number of nitrogens with zero attached hydrogens (tertiary/aromatic N) is 2. The minimum absolute atomic E-state index is 0.0833. The van der Waals surface area contributed by atoms with Gasteiger partial charge in [-0.1, -0.05) is 194 Å². The first-order valence-electron chi connectivity index (χ1n) is 21.5. The van der Waals surface area contributed by atoms with Crippen molar-refractivity contribution in [2.45, 2.75) is 0 Å². The molecule has 0 spiro atoms. The topological polar surface area (TPSA) is 8.17 Å². The van der Waals surface area contributed by atoms with Gasteiger partial charge in [-0.15, -0.1) is 0 Å². The number of para-hydroxylation sites is 2. The summed E-state index contributed by atoms with van der Waals surface area (Å²) in [5.41, 5.74) is 12.8. The molecule has 0 aliphatic heterocycles. The summed E-state index contributed by atoms with van der Waals surface area (Å²) in [7, 11) is 0. The van der Waals surface area contributed by atoms with Crippen LogP contribution >= 0.6 is 0 Å². The quantitative estimate of drug-likeness (QED) is 0.125. The van der Waals surface area contributed by atoms with Gasteiger partial charge in [-0.2, -0.15) is 0 Å². The highest BCUT2D eigenvalue weighted by atomic mass is 19.1. The smallest absolute Gasteiger partial charge is 0.148 e. The van der Waals surface area contributed by atoms with E-state index in [9.17, 15) is 2.74 Å². The van der Waals surface area contributed by atoms with Gasteiger partial charge in [0.1, 0.15) is 5.82 Å².